The van der Waals surface area contributed by atoms with Crippen molar-refractivity contribution < 1.29 is 14.3 Å². The van der Waals surface area contributed by atoms with Crippen molar-refractivity contribution in [1.82, 2.24) is 15.2 Å². The number of amides is 1. The van der Waals surface area contributed by atoms with Crippen molar-refractivity contribution in [1.29, 1.82) is 0 Å². The van der Waals surface area contributed by atoms with Crippen molar-refractivity contribution in [3.8, 4) is 0 Å². The second-order valence-corrected chi connectivity index (χ2v) is 8.18. The first-order chi connectivity index (χ1) is 13.4. The summed E-state index contributed by atoms with van der Waals surface area (Å²) < 4.78 is 4.85. The fraction of sp³-hybridized carbons (Fsp3) is 0.455. The molecule has 2 heterocycles. The van der Waals surface area contributed by atoms with E-state index in [2.05, 4.69) is 52.7 Å². The summed E-state index contributed by atoms with van der Waals surface area (Å²) >= 11 is 0. The number of fused-ring (bicyclic) bond motifs is 2. The topological polar surface area (TPSA) is 74.4 Å². The van der Waals surface area contributed by atoms with Gasteiger partial charge in [0.05, 0.1) is 13.0 Å². The summed E-state index contributed by atoms with van der Waals surface area (Å²) in [5.74, 6) is -0.881. The molecule has 4 rings (SSSR count). The molecule has 1 aliphatic heterocycles. The minimum absolute atomic E-state index is 0.0380. The van der Waals surface area contributed by atoms with Gasteiger partial charge in [0.15, 0.2) is 0 Å². The third-order valence-electron chi connectivity index (χ3n) is 6.02. The van der Waals surface area contributed by atoms with Gasteiger partial charge in [-0.2, -0.15) is 0 Å². The summed E-state index contributed by atoms with van der Waals surface area (Å²) in [5, 5.41) is 4.16. The number of likely N-dealkylation sites (N-methyl/N-ethyl adjacent to an activating group) is 1. The second kappa shape index (κ2) is 7.09. The highest BCUT2D eigenvalue weighted by atomic mass is 16.5. The van der Waals surface area contributed by atoms with Crippen molar-refractivity contribution >= 4 is 28.4 Å². The SMILES string of the molecule is COC(=O)C(NC(=O)C1C=C2c3cccc4[nH]cc(c34)CC2N(C)C1)C(C)C. The lowest BCUT2D eigenvalue weighted by Crippen LogP contribution is -2.51. The van der Waals surface area contributed by atoms with Crippen LogP contribution in [0.5, 0.6) is 0 Å². The minimum Gasteiger partial charge on any atom is -0.467 e. The van der Waals surface area contributed by atoms with Crippen molar-refractivity contribution in [2.24, 2.45) is 11.8 Å². The molecule has 0 saturated heterocycles. The molecule has 1 amide bonds. The first kappa shape index (κ1) is 18.7. The molecule has 3 atom stereocenters. The monoisotopic (exact) mass is 381 g/mol. The van der Waals surface area contributed by atoms with Gasteiger partial charge in [0.2, 0.25) is 5.91 Å². The smallest absolute Gasteiger partial charge is 0.328 e. The molecule has 6 nitrogen and oxygen atoms in total. The lowest BCUT2D eigenvalue weighted by Gasteiger charge is -2.39. The van der Waals surface area contributed by atoms with Crippen LogP contribution in [-0.2, 0) is 20.7 Å². The highest BCUT2D eigenvalue weighted by molar-refractivity contribution is 5.99. The fourth-order valence-electron chi connectivity index (χ4n) is 4.50. The van der Waals surface area contributed by atoms with Gasteiger partial charge in [-0.25, -0.2) is 4.79 Å². The van der Waals surface area contributed by atoms with Gasteiger partial charge in [-0.15, -0.1) is 0 Å². The van der Waals surface area contributed by atoms with E-state index in [4.69, 9.17) is 4.74 Å². The average Bonchev–Trinajstić information content (AvgIpc) is 3.10. The molecule has 28 heavy (non-hydrogen) atoms. The van der Waals surface area contributed by atoms with Crippen molar-refractivity contribution in [2.75, 3.05) is 20.7 Å². The van der Waals surface area contributed by atoms with E-state index >= 15 is 0 Å². The van der Waals surface area contributed by atoms with Crippen LogP contribution in [-0.4, -0.2) is 54.5 Å². The van der Waals surface area contributed by atoms with Gasteiger partial charge in [-0.3, -0.25) is 9.69 Å². The number of aromatic nitrogens is 1. The average molecular weight is 381 g/mol. The molecule has 0 fully saturated rings. The molecule has 2 aromatic rings. The number of methoxy groups -OCH3 is 1. The number of rotatable bonds is 4. The number of nitrogens with one attached hydrogen (secondary N) is 2. The summed E-state index contributed by atoms with van der Waals surface area (Å²) in [4.78, 5) is 30.6. The largest absolute Gasteiger partial charge is 0.467 e. The first-order valence-electron chi connectivity index (χ1n) is 9.80. The Bertz CT molecular complexity index is 959. The summed E-state index contributed by atoms with van der Waals surface area (Å²) in [7, 11) is 3.41. The van der Waals surface area contributed by atoms with Crippen molar-refractivity contribution in [3.63, 3.8) is 0 Å². The molecule has 1 aliphatic carbocycles. The predicted octanol–water partition coefficient (Wildman–Crippen LogP) is 2.35. The molecule has 6 heteroatoms. The minimum atomic E-state index is -0.634. The standard InChI is InChI=1S/C22H27N3O3/c1-12(2)20(22(27)28-4)24-21(26)14-8-16-15-6-5-7-17-19(15)13(10-23-17)9-18(16)25(3)11-14/h5-8,10,12,14,18,20,23H,9,11H2,1-4H3,(H,24,26). The van der Waals surface area contributed by atoms with E-state index < -0.39 is 12.0 Å². The Morgan fingerprint density at radius 3 is 2.82 bits per heavy atom. The lowest BCUT2D eigenvalue weighted by molar-refractivity contribution is -0.146. The predicted molar refractivity (Wildman–Crippen MR) is 109 cm³/mol. The van der Waals surface area contributed by atoms with Crippen LogP contribution in [0.2, 0.25) is 0 Å². The van der Waals surface area contributed by atoms with Gasteiger partial charge in [-0.05, 0) is 42.2 Å². The highest BCUT2D eigenvalue weighted by Gasteiger charge is 2.36. The maximum atomic E-state index is 13.0. The number of H-pyrrole nitrogens is 1. The highest BCUT2D eigenvalue weighted by Crippen LogP contribution is 2.40. The molecule has 2 N–H and O–H groups in total. The third kappa shape index (κ3) is 3.02. The van der Waals surface area contributed by atoms with Gasteiger partial charge in [-0.1, -0.05) is 32.1 Å². The van der Waals surface area contributed by atoms with E-state index in [0.717, 1.165) is 11.9 Å². The Hall–Kier alpha value is -2.60. The Morgan fingerprint density at radius 1 is 1.32 bits per heavy atom. The number of hydrogen-bond donors (Lipinski definition) is 2. The van der Waals surface area contributed by atoms with E-state index in [-0.39, 0.29) is 23.8 Å². The molecule has 0 radical (unpaired) electrons. The number of nitrogens with zero attached hydrogens (tertiary/aromatic N) is 1. The van der Waals surface area contributed by atoms with Crippen molar-refractivity contribution in [2.45, 2.75) is 32.4 Å². The summed E-state index contributed by atoms with van der Waals surface area (Å²) in [6, 6.07) is 5.90. The summed E-state index contributed by atoms with van der Waals surface area (Å²) in [5.41, 5.74) is 4.85. The van der Waals surface area contributed by atoms with E-state index in [1.807, 2.05) is 13.8 Å². The van der Waals surface area contributed by atoms with Crippen LogP contribution >= 0.6 is 0 Å². The molecule has 1 aromatic carbocycles. The van der Waals surface area contributed by atoms with E-state index in [9.17, 15) is 9.59 Å². The van der Waals surface area contributed by atoms with Gasteiger partial charge in [0.25, 0.3) is 0 Å². The number of aromatic amines is 1. The zero-order valence-electron chi connectivity index (χ0n) is 16.8. The molecule has 3 unspecified atom stereocenters. The zero-order valence-corrected chi connectivity index (χ0v) is 16.8. The number of benzene rings is 1. The molecule has 1 aromatic heterocycles. The Kier molecular flexibility index (Phi) is 4.75. The number of esters is 1. The van der Waals surface area contributed by atoms with Crippen LogP contribution in [0, 0.1) is 11.8 Å². The normalized spacial score (nSPS) is 22.5. The van der Waals surface area contributed by atoms with Gasteiger partial charge < -0.3 is 15.0 Å². The van der Waals surface area contributed by atoms with Crippen LogP contribution in [0.25, 0.3) is 16.5 Å². The van der Waals surface area contributed by atoms with E-state index in [1.165, 1.54) is 29.2 Å². The van der Waals surface area contributed by atoms with E-state index in [0.29, 0.717) is 6.54 Å². The zero-order chi connectivity index (χ0) is 20.0. The second-order valence-electron chi connectivity index (χ2n) is 8.18. The fourth-order valence-corrected chi connectivity index (χ4v) is 4.50. The maximum Gasteiger partial charge on any atom is 0.328 e. The van der Waals surface area contributed by atoms with Crippen LogP contribution in [0.3, 0.4) is 0 Å². The molecule has 2 aliphatic rings. The Morgan fingerprint density at radius 2 is 2.11 bits per heavy atom. The molecule has 0 saturated carbocycles. The lowest BCUT2D eigenvalue weighted by atomic mass is 9.79. The molecule has 0 spiro atoms. The maximum absolute atomic E-state index is 13.0. The molecular formula is C22H27N3O3. The quantitative estimate of drug-likeness (QED) is 0.798. The van der Waals surface area contributed by atoms with Gasteiger partial charge in [0.1, 0.15) is 6.04 Å². The van der Waals surface area contributed by atoms with Crippen LogP contribution in [0.1, 0.15) is 25.0 Å². The number of ether oxygens (including phenoxy) is 1. The van der Waals surface area contributed by atoms with Crippen LogP contribution in [0.4, 0.5) is 0 Å². The van der Waals surface area contributed by atoms with Crippen LogP contribution < -0.4 is 5.32 Å². The Balaban J connectivity index is 1.67. The summed E-state index contributed by atoms with van der Waals surface area (Å²) in [6.45, 7) is 4.43. The summed E-state index contributed by atoms with van der Waals surface area (Å²) in [6.07, 6.45) is 5.13. The number of hydrogen-bond acceptors (Lipinski definition) is 4. The van der Waals surface area contributed by atoms with Crippen molar-refractivity contribution in [3.05, 3.63) is 41.6 Å². The number of carbonyl (C=O) groups excluding carboxylic acids is 2. The van der Waals surface area contributed by atoms with E-state index in [1.54, 1.807) is 0 Å². The molecule has 0 bridgehead atoms. The number of carbonyl (C=O) groups is 2. The van der Waals surface area contributed by atoms with Gasteiger partial charge in [0, 0.05) is 29.7 Å². The first-order valence-corrected chi connectivity index (χ1v) is 9.80. The molecular weight excluding hydrogens is 354 g/mol. The molecule has 148 valence electrons. The van der Waals surface area contributed by atoms with Gasteiger partial charge >= 0.3 is 5.97 Å². The third-order valence-corrected chi connectivity index (χ3v) is 6.02. The Labute approximate surface area is 164 Å². The van der Waals surface area contributed by atoms with Crippen LogP contribution in [0.15, 0.2) is 30.5 Å².